The number of piperidine rings is 1. The van der Waals surface area contributed by atoms with Crippen molar-refractivity contribution in [2.75, 3.05) is 32.1 Å². The number of anilines is 1. The Balaban J connectivity index is 2.05. The van der Waals surface area contributed by atoms with Gasteiger partial charge < -0.3 is 19.9 Å². The molecule has 2 amide bonds. The SMILES string of the molecule is COC(=O)NC(C(=O)N(C)C1CCCN(c2ccccc2)C1)C(C)C. The van der Waals surface area contributed by atoms with E-state index in [-0.39, 0.29) is 17.9 Å². The van der Waals surface area contributed by atoms with Gasteiger partial charge in [-0.1, -0.05) is 32.0 Å². The Hall–Kier alpha value is -2.24. The van der Waals surface area contributed by atoms with E-state index in [1.54, 1.807) is 4.90 Å². The van der Waals surface area contributed by atoms with Crippen LogP contribution in [-0.4, -0.2) is 56.2 Å². The minimum atomic E-state index is -0.579. The summed E-state index contributed by atoms with van der Waals surface area (Å²) in [4.78, 5) is 28.6. The lowest BCUT2D eigenvalue weighted by Crippen LogP contribution is -2.56. The molecule has 0 spiro atoms. The Kier molecular flexibility index (Phi) is 6.67. The van der Waals surface area contributed by atoms with Crippen molar-refractivity contribution in [3.63, 3.8) is 0 Å². The number of para-hydroxylation sites is 1. The van der Waals surface area contributed by atoms with E-state index in [9.17, 15) is 9.59 Å². The molecule has 1 saturated heterocycles. The molecule has 1 heterocycles. The fourth-order valence-electron chi connectivity index (χ4n) is 3.24. The Morgan fingerprint density at radius 2 is 1.96 bits per heavy atom. The molecule has 0 aromatic heterocycles. The third-order valence-corrected chi connectivity index (χ3v) is 4.80. The summed E-state index contributed by atoms with van der Waals surface area (Å²) in [6.45, 7) is 5.64. The first-order chi connectivity index (χ1) is 11.9. The molecule has 0 radical (unpaired) electrons. The van der Waals surface area contributed by atoms with Crippen LogP contribution in [-0.2, 0) is 9.53 Å². The second kappa shape index (κ2) is 8.74. The van der Waals surface area contributed by atoms with E-state index < -0.39 is 12.1 Å². The molecule has 2 rings (SSSR count). The summed E-state index contributed by atoms with van der Waals surface area (Å²) >= 11 is 0. The van der Waals surface area contributed by atoms with E-state index in [0.717, 1.165) is 25.9 Å². The topological polar surface area (TPSA) is 61.9 Å². The minimum absolute atomic E-state index is 0.0112. The molecular formula is C19H29N3O3. The first-order valence-electron chi connectivity index (χ1n) is 8.85. The number of ether oxygens (including phenoxy) is 1. The maximum Gasteiger partial charge on any atom is 0.407 e. The van der Waals surface area contributed by atoms with E-state index in [1.165, 1.54) is 12.8 Å². The number of likely N-dealkylation sites (N-methyl/N-ethyl adjacent to an activating group) is 1. The second-order valence-electron chi connectivity index (χ2n) is 6.88. The molecule has 1 aromatic carbocycles. The number of methoxy groups -OCH3 is 1. The van der Waals surface area contributed by atoms with E-state index in [2.05, 4.69) is 27.1 Å². The molecule has 6 nitrogen and oxygen atoms in total. The monoisotopic (exact) mass is 347 g/mol. The van der Waals surface area contributed by atoms with Crippen molar-refractivity contribution >= 4 is 17.7 Å². The largest absolute Gasteiger partial charge is 0.453 e. The normalized spacial score (nSPS) is 18.6. The maximum absolute atomic E-state index is 12.9. The minimum Gasteiger partial charge on any atom is -0.453 e. The molecule has 2 atom stereocenters. The number of nitrogens with zero attached hydrogens (tertiary/aromatic N) is 2. The zero-order chi connectivity index (χ0) is 18.4. The Labute approximate surface area is 150 Å². The summed E-state index contributed by atoms with van der Waals surface area (Å²) in [6, 6.07) is 9.81. The van der Waals surface area contributed by atoms with Gasteiger partial charge in [0.25, 0.3) is 0 Å². The van der Waals surface area contributed by atoms with Crippen molar-refractivity contribution in [1.82, 2.24) is 10.2 Å². The summed E-state index contributed by atoms with van der Waals surface area (Å²) in [5.74, 6) is -0.0804. The molecule has 2 unspecified atom stereocenters. The Morgan fingerprint density at radius 3 is 2.56 bits per heavy atom. The van der Waals surface area contributed by atoms with Gasteiger partial charge in [-0.25, -0.2) is 4.79 Å². The number of hydrogen-bond acceptors (Lipinski definition) is 4. The number of alkyl carbamates (subject to hydrolysis) is 1. The van der Waals surface area contributed by atoms with Gasteiger partial charge in [0.15, 0.2) is 0 Å². The van der Waals surface area contributed by atoms with Crippen LogP contribution in [0.4, 0.5) is 10.5 Å². The van der Waals surface area contributed by atoms with Gasteiger partial charge >= 0.3 is 6.09 Å². The van der Waals surface area contributed by atoms with Gasteiger partial charge in [0.1, 0.15) is 6.04 Å². The van der Waals surface area contributed by atoms with Gasteiger partial charge in [0.05, 0.1) is 7.11 Å². The number of carbonyl (C=O) groups is 2. The van der Waals surface area contributed by atoms with Gasteiger partial charge in [-0.15, -0.1) is 0 Å². The molecule has 1 aliphatic heterocycles. The number of benzene rings is 1. The molecule has 1 N–H and O–H groups in total. The average molecular weight is 347 g/mol. The van der Waals surface area contributed by atoms with Crippen LogP contribution >= 0.6 is 0 Å². The van der Waals surface area contributed by atoms with Crippen LogP contribution in [0.5, 0.6) is 0 Å². The maximum atomic E-state index is 12.9. The lowest BCUT2D eigenvalue weighted by molar-refractivity contribution is -0.135. The number of amides is 2. The molecule has 0 bridgehead atoms. The highest BCUT2D eigenvalue weighted by atomic mass is 16.5. The Bertz CT molecular complexity index is 577. The first-order valence-corrected chi connectivity index (χ1v) is 8.85. The fraction of sp³-hybridized carbons (Fsp3) is 0.579. The standard InChI is InChI=1S/C19H29N3O3/c1-14(2)17(20-19(24)25-4)18(23)21(3)16-11-8-12-22(13-16)15-9-6-5-7-10-15/h5-7,9-10,14,16-17H,8,11-13H2,1-4H3,(H,20,24). The molecule has 6 heteroatoms. The van der Waals surface area contributed by atoms with Gasteiger partial charge in [-0.05, 0) is 30.9 Å². The fourth-order valence-corrected chi connectivity index (χ4v) is 3.24. The van der Waals surface area contributed by atoms with Gasteiger partial charge in [-0.3, -0.25) is 4.79 Å². The molecule has 0 aliphatic carbocycles. The average Bonchev–Trinajstić information content (AvgIpc) is 2.65. The van der Waals surface area contributed by atoms with Gasteiger partial charge in [-0.2, -0.15) is 0 Å². The molecule has 25 heavy (non-hydrogen) atoms. The van der Waals surface area contributed by atoms with Crippen LogP contribution in [0, 0.1) is 5.92 Å². The van der Waals surface area contributed by atoms with Crippen molar-refractivity contribution < 1.29 is 14.3 Å². The van der Waals surface area contributed by atoms with Crippen LogP contribution in [0.25, 0.3) is 0 Å². The number of carbonyl (C=O) groups excluding carboxylic acids is 2. The zero-order valence-corrected chi connectivity index (χ0v) is 15.6. The van der Waals surface area contributed by atoms with E-state index >= 15 is 0 Å². The van der Waals surface area contributed by atoms with Gasteiger partial charge in [0, 0.05) is 31.9 Å². The smallest absolute Gasteiger partial charge is 0.407 e. The molecule has 1 aliphatic rings. The molecular weight excluding hydrogens is 318 g/mol. The summed E-state index contributed by atoms with van der Waals surface area (Å²) in [5.41, 5.74) is 1.18. The van der Waals surface area contributed by atoms with Crippen LogP contribution in [0.3, 0.4) is 0 Å². The highest BCUT2D eigenvalue weighted by molar-refractivity contribution is 5.86. The first kappa shape index (κ1) is 19.1. The van der Waals surface area contributed by atoms with Crippen LogP contribution in [0.1, 0.15) is 26.7 Å². The molecule has 1 fully saturated rings. The highest BCUT2D eigenvalue weighted by Crippen LogP contribution is 2.22. The van der Waals surface area contributed by atoms with Crippen LogP contribution in [0.2, 0.25) is 0 Å². The lowest BCUT2D eigenvalue weighted by Gasteiger charge is -2.40. The van der Waals surface area contributed by atoms with E-state index in [1.807, 2.05) is 39.1 Å². The summed E-state index contributed by atoms with van der Waals surface area (Å²) in [5, 5.41) is 2.66. The van der Waals surface area contributed by atoms with E-state index in [4.69, 9.17) is 0 Å². The van der Waals surface area contributed by atoms with Crippen molar-refractivity contribution in [3.05, 3.63) is 30.3 Å². The molecule has 0 saturated carbocycles. The predicted octanol–water partition coefficient (Wildman–Crippen LogP) is 2.49. The number of nitrogens with one attached hydrogen (secondary N) is 1. The van der Waals surface area contributed by atoms with Crippen molar-refractivity contribution in [2.24, 2.45) is 5.92 Å². The quantitative estimate of drug-likeness (QED) is 0.889. The number of hydrogen-bond donors (Lipinski definition) is 1. The third-order valence-electron chi connectivity index (χ3n) is 4.80. The van der Waals surface area contributed by atoms with Crippen LogP contribution in [0.15, 0.2) is 30.3 Å². The van der Waals surface area contributed by atoms with Crippen molar-refractivity contribution in [3.8, 4) is 0 Å². The van der Waals surface area contributed by atoms with Crippen molar-refractivity contribution in [1.29, 1.82) is 0 Å². The lowest BCUT2D eigenvalue weighted by atomic mass is 9.99. The predicted molar refractivity (Wildman–Crippen MR) is 98.6 cm³/mol. The zero-order valence-electron chi connectivity index (χ0n) is 15.6. The van der Waals surface area contributed by atoms with Gasteiger partial charge in [0.2, 0.25) is 5.91 Å². The summed E-state index contributed by atoms with van der Waals surface area (Å²) in [6.07, 6.45) is 1.43. The molecule has 138 valence electrons. The second-order valence-corrected chi connectivity index (χ2v) is 6.88. The number of rotatable bonds is 5. The summed E-state index contributed by atoms with van der Waals surface area (Å²) < 4.78 is 4.65. The summed E-state index contributed by atoms with van der Waals surface area (Å²) in [7, 11) is 3.13. The third kappa shape index (κ3) is 4.87. The van der Waals surface area contributed by atoms with Crippen molar-refractivity contribution in [2.45, 2.75) is 38.8 Å². The van der Waals surface area contributed by atoms with Crippen LogP contribution < -0.4 is 10.2 Å². The molecule has 1 aromatic rings. The highest BCUT2D eigenvalue weighted by Gasteiger charge is 2.32. The Morgan fingerprint density at radius 1 is 1.28 bits per heavy atom. The van der Waals surface area contributed by atoms with E-state index in [0.29, 0.717) is 0 Å².